The van der Waals surface area contributed by atoms with Gasteiger partial charge in [-0.2, -0.15) is 0 Å². The van der Waals surface area contributed by atoms with Crippen LogP contribution < -0.4 is 5.32 Å². The van der Waals surface area contributed by atoms with Gasteiger partial charge in [-0.3, -0.25) is 0 Å². The predicted molar refractivity (Wildman–Crippen MR) is 71.6 cm³/mol. The van der Waals surface area contributed by atoms with Crippen LogP contribution in [0.1, 0.15) is 25.5 Å². The number of benzene rings is 1. The second-order valence-electron chi connectivity index (χ2n) is 4.30. The molecule has 0 spiro atoms. The average Bonchev–Trinajstić information content (AvgIpc) is 2.25. The van der Waals surface area contributed by atoms with Crippen molar-refractivity contribution in [3.8, 4) is 0 Å². The highest BCUT2D eigenvalue weighted by molar-refractivity contribution is 9.10. The summed E-state index contributed by atoms with van der Waals surface area (Å²) in [7, 11) is 1.95. The molecule has 1 unspecified atom stereocenters. The monoisotopic (exact) mass is 285 g/mol. The molecule has 90 valence electrons. The molecule has 0 bridgehead atoms. The van der Waals surface area contributed by atoms with Crippen LogP contribution >= 0.6 is 15.9 Å². The molecule has 1 rings (SSSR count). The molecule has 0 aliphatic carbocycles. The van der Waals surface area contributed by atoms with Crippen molar-refractivity contribution < 1.29 is 4.74 Å². The predicted octanol–water partition coefficient (Wildman–Crippen LogP) is 3.38. The molecule has 1 aromatic rings. The zero-order valence-electron chi connectivity index (χ0n) is 10.2. The van der Waals surface area contributed by atoms with Crippen LogP contribution in [0.3, 0.4) is 0 Å². The molecule has 1 N–H and O–H groups in total. The molecule has 0 aliphatic heterocycles. The van der Waals surface area contributed by atoms with Crippen molar-refractivity contribution in [3.05, 3.63) is 34.3 Å². The zero-order chi connectivity index (χ0) is 12.0. The van der Waals surface area contributed by atoms with Crippen molar-refractivity contribution in [2.24, 2.45) is 5.92 Å². The maximum atomic E-state index is 5.92. The molecule has 0 saturated carbocycles. The second-order valence-corrected chi connectivity index (χ2v) is 5.15. The Balaban J connectivity index is 2.73. The molecule has 3 heteroatoms. The highest BCUT2D eigenvalue weighted by Gasteiger charge is 2.14. The maximum absolute atomic E-state index is 5.92. The van der Waals surface area contributed by atoms with Crippen LogP contribution in [-0.4, -0.2) is 20.2 Å². The topological polar surface area (TPSA) is 21.3 Å². The number of likely N-dealkylation sites (N-methyl/N-ethyl adjacent to an activating group) is 1. The van der Waals surface area contributed by atoms with Crippen LogP contribution in [0.25, 0.3) is 0 Å². The first kappa shape index (κ1) is 13.7. The van der Waals surface area contributed by atoms with Crippen LogP contribution in [0.2, 0.25) is 0 Å². The summed E-state index contributed by atoms with van der Waals surface area (Å²) in [5.41, 5.74) is 1.21. The number of hydrogen-bond acceptors (Lipinski definition) is 2. The summed E-state index contributed by atoms with van der Waals surface area (Å²) in [4.78, 5) is 0. The second kappa shape index (κ2) is 7.05. The number of rotatable bonds is 6. The fourth-order valence-corrected chi connectivity index (χ4v) is 2.03. The van der Waals surface area contributed by atoms with Gasteiger partial charge in [0.05, 0.1) is 6.10 Å². The Kier molecular flexibility index (Phi) is 6.03. The van der Waals surface area contributed by atoms with Crippen LogP contribution in [0.5, 0.6) is 0 Å². The minimum absolute atomic E-state index is 0.114. The Morgan fingerprint density at radius 2 is 2.00 bits per heavy atom. The minimum atomic E-state index is 0.114. The average molecular weight is 286 g/mol. The lowest BCUT2D eigenvalue weighted by Crippen LogP contribution is -2.21. The van der Waals surface area contributed by atoms with Gasteiger partial charge in [0.25, 0.3) is 0 Å². The lowest BCUT2D eigenvalue weighted by Gasteiger charge is -2.20. The van der Waals surface area contributed by atoms with E-state index in [4.69, 9.17) is 4.74 Å². The number of ether oxygens (including phenoxy) is 1. The normalized spacial score (nSPS) is 13.1. The van der Waals surface area contributed by atoms with E-state index in [9.17, 15) is 0 Å². The molecule has 0 aromatic heterocycles. The smallest absolute Gasteiger partial charge is 0.0960 e. The zero-order valence-corrected chi connectivity index (χ0v) is 11.8. The van der Waals surface area contributed by atoms with E-state index in [1.54, 1.807) is 0 Å². The van der Waals surface area contributed by atoms with Crippen LogP contribution in [0.15, 0.2) is 28.7 Å². The van der Waals surface area contributed by atoms with Gasteiger partial charge >= 0.3 is 0 Å². The number of nitrogens with one attached hydrogen (secondary N) is 1. The van der Waals surface area contributed by atoms with Gasteiger partial charge in [-0.05, 0) is 24.6 Å². The molecular weight excluding hydrogens is 266 g/mol. The van der Waals surface area contributed by atoms with Gasteiger partial charge in [-0.1, -0.05) is 48.0 Å². The summed E-state index contributed by atoms with van der Waals surface area (Å²) in [6.07, 6.45) is 0.114. The first-order valence-corrected chi connectivity index (χ1v) is 6.45. The van der Waals surface area contributed by atoms with Gasteiger partial charge in [0.1, 0.15) is 0 Å². The Labute approximate surface area is 107 Å². The van der Waals surface area contributed by atoms with Crippen molar-refractivity contribution >= 4 is 15.9 Å². The summed E-state index contributed by atoms with van der Waals surface area (Å²) in [6.45, 7) is 5.94. The largest absolute Gasteiger partial charge is 0.372 e. The molecule has 0 amide bonds. The van der Waals surface area contributed by atoms with E-state index in [0.29, 0.717) is 5.92 Å². The highest BCUT2D eigenvalue weighted by atomic mass is 79.9. The van der Waals surface area contributed by atoms with Crippen molar-refractivity contribution in [1.82, 2.24) is 5.32 Å². The first-order chi connectivity index (χ1) is 7.65. The third kappa shape index (κ3) is 4.24. The van der Waals surface area contributed by atoms with E-state index in [2.05, 4.69) is 47.2 Å². The summed E-state index contributed by atoms with van der Waals surface area (Å²) in [5.74, 6) is 0.557. The summed E-state index contributed by atoms with van der Waals surface area (Å²) in [5, 5.41) is 3.17. The van der Waals surface area contributed by atoms with Gasteiger partial charge < -0.3 is 10.1 Å². The van der Waals surface area contributed by atoms with Crippen molar-refractivity contribution in [1.29, 1.82) is 0 Å². The van der Waals surface area contributed by atoms with Gasteiger partial charge in [-0.25, -0.2) is 0 Å². The van der Waals surface area contributed by atoms with E-state index in [0.717, 1.165) is 17.6 Å². The Morgan fingerprint density at radius 3 is 2.56 bits per heavy atom. The fraction of sp³-hybridized carbons (Fsp3) is 0.538. The van der Waals surface area contributed by atoms with Gasteiger partial charge in [-0.15, -0.1) is 0 Å². The molecule has 0 aliphatic rings. The maximum Gasteiger partial charge on any atom is 0.0960 e. The summed E-state index contributed by atoms with van der Waals surface area (Å²) < 4.78 is 7.03. The van der Waals surface area contributed by atoms with Gasteiger partial charge in [0, 0.05) is 17.6 Å². The first-order valence-electron chi connectivity index (χ1n) is 5.65. The van der Waals surface area contributed by atoms with E-state index in [-0.39, 0.29) is 6.10 Å². The highest BCUT2D eigenvalue weighted by Crippen LogP contribution is 2.25. The van der Waals surface area contributed by atoms with Gasteiger partial charge in [0.2, 0.25) is 0 Å². The lowest BCUT2D eigenvalue weighted by atomic mass is 10.1. The van der Waals surface area contributed by atoms with E-state index in [1.165, 1.54) is 5.56 Å². The lowest BCUT2D eigenvalue weighted by molar-refractivity contribution is 0.0359. The van der Waals surface area contributed by atoms with E-state index in [1.807, 2.05) is 19.2 Å². The third-order valence-corrected chi connectivity index (χ3v) is 2.99. The van der Waals surface area contributed by atoms with Crippen LogP contribution in [0, 0.1) is 5.92 Å². The Hall–Kier alpha value is -0.380. The van der Waals surface area contributed by atoms with Crippen LogP contribution in [0.4, 0.5) is 0 Å². The third-order valence-electron chi connectivity index (χ3n) is 2.27. The number of hydrogen-bond donors (Lipinski definition) is 1. The standard InChI is InChI=1S/C13H20BrNO/c1-10(2)9-16-13(8-15-3)11-6-4-5-7-12(11)14/h4-7,10,13,15H,8-9H2,1-3H3. The molecule has 0 saturated heterocycles. The number of halogens is 1. The minimum Gasteiger partial charge on any atom is -0.372 e. The molecular formula is C13H20BrNO. The van der Waals surface area contributed by atoms with E-state index >= 15 is 0 Å². The van der Waals surface area contributed by atoms with Gasteiger partial charge in [0.15, 0.2) is 0 Å². The molecule has 1 aromatic carbocycles. The quantitative estimate of drug-likeness (QED) is 0.865. The molecule has 2 nitrogen and oxygen atoms in total. The van der Waals surface area contributed by atoms with Crippen LogP contribution in [-0.2, 0) is 4.74 Å². The molecule has 0 fully saturated rings. The SMILES string of the molecule is CNCC(OCC(C)C)c1ccccc1Br. The van der Waals surface area contributed by atoms with E-state index < -0.39 is 0 Å². The summed E-state index contributed by atoms with van der Waals surface area (Å²) >= 11 is 3.57. The molecule has 0 heterocycles. The van der Waals surface area contributed by atoms with Crippen molar-refractivity contribution in [3.63, 3.8) is 0 Å². The Bertz CT molecular complexity index is 315. The molecule has 1 atom stereocenters. The van der Waals surface area contributed by atoms with Crippen molar-refractivity contribution in [2.45, 2.75) is 20.0 Å². The Morgan fingerprint density at radius 1 is 1.31 bits per heavy atom. The van der Waals surface area contributed by atoms with Crippen molar-refractivity contribution in [2.75, 3.05) is 20.2 Å². The molecule has 16 heavy (non-hydrogen) atoms. The molecule has 0 radical (unpaired) electrons. The summed E-state index contributed by atoms with van der Waals surface area (Å²) in [6, 6.07) is 8.22. The fourth-order valence-electron chi connectivity index (χ4n) is 1.49.